The summed E-state index contributed by atoms with van der Waals surface area (Å²) >= 11 is 5.86. The monoisotopic (exact) mass is 493 g/mol. The third kappa shape index (κ3) is 4.52. The molecule has 0 bridgehead atoms. The molecule has 2 amide bonds. The number of benzene rings is 2. The molecule has 0 radical (unpaired) electrons. The summed E-state index contributed by atoms with van der Waals surface area (Å²) in [6.45, 7) is 0.919. The molecule has 0 unspecified atom stereocenters. The van der Waals surface area contributed by atoms with Crippen LogP contribution in [0.25, 0.3) is 11.1 Å². The fourth-order valence-electron chi connectivity index (χ4n) is 4.24. The van der Waals surface area contributed by atoms with E-state index >= 15 is 0 Å². The van der Waals surface area contributed by atoms with Crippen molar-refractivity contribution in [1.29, 1.82) is 0 Å². The maximum atomic E-state index is 15.0. The molecule has 0 aliphatic carbocycles. The van der Waals surface area contributed by atoms with Gasteiger partial charge >= 0.3 is 6.18 Å². The summed E-state index contributed by atoms with van der Waals surface area (Å²) < 4.78 is 58.8. The lowest BCUT2D eigenvalue weighted by molar-refractivity contribution is -0.143. The lowest BCUT2D eigenvalue weighted by Gasteiger charge is -2.28. The fourth-order valence-corrected chi connectivity index (χ4v) is 4.40. The highest BCUT2D eigenvalue weighted by Gasteiger charge is 2.42. The molecule has 2 aromatic carbocycles. The van der Waals surface area contributed by atoms with Gasteiger partial charge in [-0.25, -0.2) is 4.39 Å². The molecule has 5 nitrogen and oxygen atoms in total. The second-order valence-electron chi connectivity index (χ2n) is 7.97. The van der Waals surface area contributed by atoms with Crippen molar-refractivity contribution in [1.82, 2.24) is 14.8 Å². The van der Waals surface area contributed by atoms with Crippen LogP contribution in [0.4, 0.5) is 17.6 Å². The van der Waals surface area contributed by atoms with Crippen molar-refractivity contribution in [3.05, 3.63) is 81.9 Å². The number of nitrogens with zero attached hydrogens (tertiary/aromatic N) is 2. The highest BCUT2D eigenvalue weighted by molar-refractivity contribution is 6.30. The van der Waals surface area contributed by atoms with Gasteiger partial charge in [0.05, 0.1) is 6.54 Å². The topological polar surface area (TPSA) is 54.3 Å². The number of hydrogen-bond donors (Lipinski definition) is 1. The minimum atomic E-state index is -4.83. The summed E-state index contributed by atoms with van der Waals surface area (Å²) in [4.78, 5) is 26.7. The maximum absolute atomic E-state index is 15.0. The molecule has 0 spiro atoms. The van der Waals surface area contributed by atoms with Crippen LogP contribution in [0.2, 0.25) is 5.02 Å². The van der Waals surface area contributed by atoms with Gasteiger partial charge in [0.25, 0.3) is 5.91 Å². The number of hydrogen-bond acceptors (Lipinski definition) is 2. The zero-order chi connectivity index (χ0) is 24.6. The Hall–Kier alpha value is -3.33. The van der Waals surface area contributed by atoms with E-state index in [9.17, 15) is 27.2 Å². The average Bonchev–Trinajstić information content (AvgIpc) is 3.05. The largest absolute Gasteiger partial charge is 0.431 e. The Morgan fingerprint density at radius 3 is 2.47 bits per heavy atom. The number of carbonyl (C=O) groups is 2. The van der Waals surface area contributed by atoms with Gasteiger partial charge in [0.15, 0.2) is 0 Å². The Bertz CT molecular complexity index is 1260. The quantitative estimate of drug-likeness (QED) is 0.526. The van der Waals surface area contributed by atoms with Gasteiger partial charge in [0, 0.05) is 35.8 Å². The van der Waals surface area contributed by atoms with Gasteiger partial charge in [-0.3, -0.25) is 9.59 Å². The van der Waals surface area contributed by atoms with Crippen molar-refractivity contribution >= 4 is 23.4 Å². The van der Waals surface area contributed by atoms with Crippen molar-refractivity contribution in [2.75, 3.05) is 19.6 Å². The molecule has 1 aliphatic heterocycles. The Morgan fingerprint density at radius 2 is 1.85 bits per heavy atom. The molecule has 4 rings (SSSR count). The zero-order valence-electron chi connectivity index (χ0n) is 18.0. The van der Waals surface area contributed by atoms with Crippen LogP contribution in [-0.4, -0.2) is 40.9 Å². The molecule has 1 fully saturated rings. The number of halogens is 5. The molecule has 0 saturated carbocycles. The first kappa shape index (κ1) is 23.8. The minimum Gasteiger partial charge on any atom is -0.353 e. The Labute approximate surface area is 197 Å². The smallest absolute Gasteiger partial charge is 0.353 e. The number of aromatic nitrogens is 1. The van der Waals surface area contributed by atoms with Crippen LogP contribution < -0.4 is 5.32 Å². The van der Waals surface area contributed by atoms with E-state index in [0.29, 0.717) is 5.56 Å². The SMILES string of the molecule is Cc1c(-c2ccc(Cl)cc2F)c(C(=O)N2CCNC(=O)C2)n(Cc2ccccc2)c1C(F)(F)F. The summed E-state index contributed by atoms with van der Waals surface area (Å²) in [5.41, 5.74) is -1.49. The van der Waals surface area contributed by atoms with E-state index in [4.69, 9.17) is 11.6 Å². The van der Waals surface area contributed by atoms with E-state index in [-0.39, 0.29) is 53.6 Å². The Morgan fingerprint density at radius 1 is 1.15 bits per heavy atom. The number of nitrogens with one attached hydrogen (secondary N) is 1. The summed E-state index contributed by atoms with van der Waals surface area (Å²) in [5.74, 6) is -2.06. The lowest BCUT2D eigenvalue weighted by atomic mass is 9.99. The molecule has 1 aromatic heterocycles. The standard InChI is InChI=1S/C24H20ClF4N3O2/c1-14-20(17-8-7-16(25)11-18(17)26)21(23(34)31-10-9-30-19(33)13-31)32(22(14)24(27,28)29)12-15-5-3-2-4-6-15/h2-8,11H,9-10,12-13H2,1H3,(H,30,33). The molecule has 1 N–H and O–H groups in total. The van der Waals surface area contributed by atoms with E-state index in [0.717, 1.165) is 10.6 Å². The van der Waals surface area contributed by atoms with Gasteiger partial charge in [-0.2, -0.15) is 13.2 Å². The van der Waals surface area contributed by atoms with E-state index < -0.39 is 29.5 Å². The summed E-state index contributed by atoms with van der Waals surface area (Å²) in [5, 5.41) is 2.65. The lowest BCUT2D eigenvalue weighted by Crippen LogP contribution is -2.50. The first-order valence-electron chi connectivity index (χ1n) is 10.4. The number of alkyl halides is 3. The minimum absolute atomic E-state index is 0.0687. The molecule has 178 valence electrons. The van der Waals surface area contributed by atoms with E-state index in [1.165, 1.54) is 24.0 Å². The molecule has 34 heavy (non-hydrogen) atoms. The molecule has 1 aliphatic rings. The number of rotatable bonds is 4. The van der Waals surface area contributed by atoms with Crippen LogP contribution in [-0.2, 0) is 17.5 Å². The number of piperazine rings is 1. The van der Waals surface area contributed by atoms with Crippen molar-refractivity contribution < 1.29 is 27.2 Å². The second-order valence-corrected chi connectivity index (χ2v) is 8.40. The highest BCUT2D eigenvalue weighted by atomic mass is 35.5. The van der Waals surface area contributed by atoms with E-state index in [1.54, 1.807) is 30.3 Å². The van der Waals surface area contributed by atoms with Gasteiger partial charge in [-0.15, -0.1) is 0 Å². The van der Waals surface area contributed by atoms with Crippen LogP contribution in [0, 0.1) is 12.7 Å². The van der Waals surface area contributed by atoms with E-state index in [1.807, 2.05) is 0 Å². The first-order chi connectivity index (χ1) is 16.1. The molecule has 0 atom stereocenters. The van der Waals surface area contributed by atoms with Crippen LogP contribution in [0.15, 0.2) is 48.5 Å². The van der Waals surface area contributed by atoms with Crippen LogP contribution >= 0.6 is 11.6 Å². The summed E-state index contributed by atoms with van der Waals surface area (Å²) in [6, 6.07) is 11.9. The number of carbonyl (C=O) groups excluding carboxylic acids is 2. The van der Waals surface area contributed by atoms with Gasteiger partial charge in [-0.1, -0.05) is 41.9 Å². The van der Waals surface area contributed by atoms with Crippen molar-refractivity contribution in [3.63, 3.8) is 0 Å². The van der Waals surface area contributed by atoms with Crippen molar-refractivity contribution in [2.45, 2.75) is 19.6 Å². The third-order valence-electron chi connectivity index (χ3n) is 5.69. The Kier molecular flexibility index (Phi) is 6.40. The molecule has 3 aromatic rings. The van der Waals surface area contributed by atoms with Crippen LogP contribution in [0.5, 0.6) is 0 Å². The maximum Gasteiger partial charge on any atom is 0.431 e. The normalized spacial score (nSPS) is 14.3. The molecule has 10 heteroatoms. The molecular weight excluding hydrogens is 474 g/mol. The average molecular weight is 494 g/mol. The predicted octanol–water partition coefficient (Wildman–Crippen LogP) is 4.90. The summed E-state index contributed by atoms with van der Waals surface area (Å²) in [6.07, 6.45) is -4.83. The zero-order valence-corrected chi connectivity index (χ0v) is 18.8. The molecule has 2 heterocycles. The van der Waals surface area contributed by atoms with Crippen molar-refractivity contribution in [3.8, 4) is 11.1 Å². The highest BCUT2D eigenvalue weighted by Crippen LogP contribution is 2.42. The van der Waals surface area contributed by atoms with Crippen LogP contribution in [0.3, 0.4) is 0 Å². The summed E-state index contributed by atoms with van der Waals surface area (Å²) in [7, 11) is 0. The molecule has 1 saturated heterocycles. The van der Waals surface area contributed by atoms with Gasteiger partial charge in [0.2, 0.25) is 5.91 Å². The van der Waals surface area contributed by atoms with Crippen LogP contribution in [0.1, 0.15) is 27.3 Å². The predicted molar refractivity (Wildman–Crippen MR) is 119 cm³/mol. The third-order valence-corrected chi connectivity index (χ3v) is 5.92. The number of amides is 2. The van der Waals surface area contributed by atoms with E-state index in [2.05, 4.69) is 5.32 Å². The first-order valence-corrected chi connectivity index (χ1v) is 10.8. The van der Waals surface area contributed by atoms with Gasteiger partial charge in [-0.05, 0) is 36.2 Å². The van der Waals surface area contributed by atoms with Gasteiger partial charge < -0.3 is 14.8 Å². The second kappa shape index (κ2) is 9.13. The van der Waals surface area contributed by atoms with Crippen molar-refractivity contribution in [2.24, 2.45) is 0 Å². The molecular formula is C24H20ClF4N3O2. The Balaban J connectivity index is 2.01. The van der Waals surface area contributed by atoms with Gasteiger partial charge in [0.1, 0.15) is 17.2 Å². The fraction of sp³-hybridized carbons (Fsp3) is 0.250.